The number of hydrogen-bond donors (Lipinski definition) is 2. The molecule has 6 nitrogen and oxygen atoms in total. The normalized spacial score (nSPS) is 20.8. The Labute approximate surface area is 127 Å². The van der Waals surface area contributed by atoms with Crippen LogP contribution >= 0.6 is 11.3 Å². The Balaban J connectivity index is 2.31. The summed E-state index contributed by atoms with van der Waals surface area (Å²) >= 11 is 1.19. The molecule has 2 heterocycles. The lowest BCUT2D eigenvalue weighted by molar-refractivity contribution is 0.00578. The van der Waals surface area contributed by atoms with Crippen LogP contribution in [0.5, 0.6) is 0 Å². The molecule has 0 spiro atoms. The summed E-state index contributed by atoms with van der Waals surface area (Å²) in [5.74, 6) is -1.10. The van der Waals surface area contributed by atoms with E-state index in [-0.39, 0.29) is 12.3 Å². The zero-order chi connectivity index (χ0) is 15.8. The summed E-state index contributed by atoms with van der Waals surface area (Å²) in [6.07, 6.45) is 1.57. The van der Waals surface area contributed by atoms with Crippen LogP contribution in [0.25, 0.3) is 6.08 Å². The minimum atomic E-state index is -1.10. The van der Waals surface area contributed by atoms with E-state index in [1.165, 1.54) is 16.8 Å². The van der Waals surface area contributed by atoms with Crippen LogP contribution in [-0.2, 0) is 9.31 Å². The van der Waals surface area contributed by atoms with Crippen molar-refractivity contribution in [2.24, 2.45) is 0 Å². The molecule has 1 aromatic heterocycles. The number of nitrogens with zero attached hydrogens (tertiary/aromatic N) is 1. The van der Waals surface area contributed by atoms with E-state index >= 15 is 0 Å². The van der Waals surface area contributed by atoms with Crippen LogP contribution in [0.2, 0.25) is 0 Å². The van der Waals surface area contributed by atoms with Crippen LogP contribution in [0.3, 0.4) is 0 Å². The first-order chi connectivity index (χ1) is 9.68. The minimum absolute atomic E-state index is 0.0394. The minimum Gasteiger partial charge on any atom is -0.476 e. The Kier molecular flexibility index (Phi) is 4.25. The van der Waals surface area contributed by atoms with Crippen molar-refractivity contribution in [3.05, 3.63) is 21.6 Å². The van der Waals surface area contributed by atoms with E-state index in [2.05, 4.69) is 4.98 Å². The summed E-state index contributed by atoms with van der Waals surface area (Å²) in [4.78, 5) is 15.3. The quantitative estimate of drug-likeness (QED) is 0.825. The van der Waals surface area contributed by atoms with Gasteiger partial charge in [-0.25, -0.2) is 9.78 Å². The van der Waals surface area contributed by atoms with Gasteiger partial charge in [0.2, 0.25) is 0 Å². The van der Waals surface area contributed by atoms with Crippen molar-refractivity contribution >= 4 is 30.5 Å². The van der Waals surface area contributed by atoms with Crippen molar-refractivity contribution < 1.29 is 24.3 Å². The van der Waals surface area contributed by atoms with Gasteiger partial charge >= 0.3 is 13.1 Å². The zero-order valence-electron chi connectivity index (χ0n) is 12.4. The third kappa shape index (κ3) is 3.03. The summed E-state index contributed by atoms with van der Waals surface area (Å²) in [7, 11) is -0.705. The molecule has 0 unspecified atom stereocenters. The molecule has 114 valence electrons. The Morgan fingerprint density at radius 2 is 1.95 bits per heavy atom. The van der Waals surface area contributed by atoms with Gasteiger partial charge in [-0.3, -0.25) is 0 Å². The molecule has 0 aliphatic carbocycles. The first-order valence-corrected chi connectivity index (χ1v) is 7.39. The first kappa shape index (κ1) is 16.2. The van der Waals surface area contributed by atoms with Crippen LogP contribution in [0.1, 0.15) is 43.1 Å². The van der Waals surface area contributed by atoms with E-state index in [1.54, 1.807) is 6.08 Å². The highest BCUT2D eigenvalue weighted by Crippen LogP contribution is 2.38. The van der Waals surface area contributed by atoms with Gasteiger partial charge in [-0.2, -0.15) is 0 Å². The number of hydrogen-bond acceptors (Lipinski definition) is 6. The Hall–Kier alpha value is -1.22. The predicted molar refractivity (Wildman–Crippen MR) is 80.2 cm³/mol. The highest BCUT2D eigenvalue weighted by molar-refractivity contribution is 7.11. The van der Waals surface area contributed by atoms with Gasteiger partial charge in [0, 0.05) is 0 Å². The van der Waals surface area contributed by atoms with E-state index in [0.29, 0.717) is 10.3 Å². The van der Waals surface area contributed by atoms with Gasteiger partial charge in [-0.15, -0.1) is 11.3 Å². The number of carboxylic acids is 1. The van der Waals surface area contributed by atoms with Crippen LogP contribution in [-0.4, -0.2) is 46.1 Å². The molecule has 2 N–H and O–H groups in total. The Morgan fingerprint density at radius 1 is 1.38 bits per heavy atom. The monoisotopic (exact) mass is 311 g/mol. The highest BCUT2D eigenvalue weighted by atomic mass is 32.1. The summed E-state index contributed by atoms with van der Waals surface area (Å²) in [6, 6.07) is 0. The second-order valence-electron chi connectivity index (χ2n) is 5.84. The van der Waals surface area contributed by atoms with Crippen molar-refractivity contribution in [3.63, 3.8) is 0 Å². The molecule has 2 rings (SSSR count). The van der Waals surface area contributed by atoms with Gasteiger partial charge in [0.1, 0.15) is 0 Å². The Bertz CT molecular complexity index is 565. The van der Waals surface area contributed by atoms with Gasteiger partial charge in [0.15, 0.2) is 5.69 Å². The lowest BCUT2D eigenvalue weighted by atomic mass is 9.78. The third-order valence-corrected chi connectivity index (χ3v) is 4.63. The lowest BCUT2D eigenvalue weighted by Gasteiger charge is -2.32. The third-order valence-electron chi connectivity index (χ3n) is 3.85. The topological polar surface area (TPSA) is 88.9 Å². The summed E-state index contributed by atoms with van der Waals surface area (Å²) in [5.41, 5.74) is 0.849. The molecule has 1 saturated heterocycles. The predicted octanol–water partition coefficient (Wildman–Crippen LogP) is 1.85. The molecule has 0 bridgehead atoms. The average molecular weight is 311 g/mol. The molecular weight excluding hydrogens is 293 g/mol. The molecule has 1 aliphatic heterocycles. The van der Waals surface area contributed by atoms with Gasteiger partial charge in [-0.05, 0) is 39.2 Å². The van der Waals surface area contributed by atoms with E-state index in [0.717, 1.165) is 0 Å². The number of aliphatic hydroxyl groups is 1. The number of carboxylic acid groups (broad SMARTS) is 1. The van der Waals surface area contributed by atoms with Gasteiger partial charge < -0.3 is 19.5 Å². The molecule has 1 fully saturated rings. The van der Waals surface area contributed by atoms with Crippen molar-refractivity contribution in [3.8, 4) is 0 Å². The maximum atomic E-state index is 11.1. The molecule has 0 aromatic carbocycles. The molecule has 1 aromatic rings. The number of aromatic nitrogens is 1. The van der Waals surface area contributed by atoms with Crippen LogP contribution in [0, 0.1) is 0 Å². The van der Waals surface area contributed by atoms with Crippen LogP contribution < -0.4 is 0 Å². The number of carbonyl (C=O) groups is 1. The van der Waals surface area contributed by atoms with Gasteiger partial charge in [-0.1, -0.05) is 0 Å². The maximum absolute atomic E-state index is 11.1. The van der Waals surface area contributed by atoms with E-state index in [1.807, 2.05) is 27.7 Å². The van der Waals surface area contributed by atoms with Crippen LogP contribution in [0.15, 0.2) is 11.0 Å². The molecular formula is C13H18BNO5S. The molecule has 8 heteroatoms. The van der Waals surface area contributed by atoms with Crippen molar-refractivity contribution in [2.45, 2.75) is 38.9 Å². The molecule has 1 aliphatic rings. The lowest BCUT2D eigenvalue weighted by Crippen LogP contribution is -2.41. The standard InChI is InChI=1S/C13H18BNO5S/c1-12(2)13(3,4)20-14(19-12)8(6-16)5-9-10(11(17)18)15-7-21-9/h5,7,16H,6H2,1-4H3,(H,17,18). The van der Waals surface area contributed by atoms with Crippen LogP contribution in [0.4, 0.5) is 0 Å². The fraction of sp³-hybridized carbons (Fsp3) is 0.538. The first-order valence-electron chi connectivity index (χ1n) is 6.51. The van der Waals surface area contributed by atoms with Crippen molar-refractivity contribution in [2.75, 3.05) is 6.61 Å². The number of rotatable bonds is 4. The number of aliphatic hydroxyl groups excluding tert-OH is 1. The van der Waals surface area contributed by atoms with Crippen molar-refractivity contribution in [1.82, 2.24) is 4.98 Å². The fourth-order valence-corrected chi connectivity index (χ4v) is 2.61. The second kappa shape index (κ2) is 5.53. The maximum Gasteiger partial charge on any atom is 0.492 e. The highest BCUT2D eigenvalue weighted by Gasteiger charge is 2.52. The second-order valence-corrected chi connectivity index (χ2v) is 6.72. The van der Waals surface area contributed by atoms with E-state index in [4.69, 9.17) is 14.4 Å². The Morgan fingerprint density at radius 3 is 2.43 bits per heavy atom. The molecule has 0 saturated carbocycles. The average Bonchev–Trinajstić information content (AvgIpc) is 2.89. The van der Waals surface area contributed by atoms with E-state index < -0.39 is 24.3 Å². The summed E-state index contributed by atoms with van der Waals surface area (Å²) < 4.78 is 11.7. The van der Waals surface area contributed by atoms with E-state index in [9.17, 15) is 9.90 Å². The molecule has 0 amide bonds. The number of thiazole rings is 1. The zero-order valence-corrected chi connectivity index (χ0v) is 13.2. The van der Waals surface area contributed by atoms with Crippen molar-refractivity contribution in [1.29, 1.82) is 0 Å². The number of aromatic carboxylic acids is 1. The molecule has 0 atom stereocenters. The van der Waals surface area contributed by atoms with Gasteiger partial charge in [0.25, 0.3) is 0 Å². The molecule has 0 radical (unpaired) electrons. The fourth-order valence-electron chi connectivity index (χ4n) is 1.87. The summed E-state index contributed by atoms with van der Waals surface area (Å²) in [5, 5.41) is 18.6. The SMILES string of the molecule is CC1(C)OB(C(=Cc2scnc2C(=O)O)CO)OC1(C)C. The van der Waals surface area contributed by atoms with Gasteiger partial charge in [0.05, 0.1) is 28.2 Å². The summed E-state index contributed by atoms with van der Waals surface area (Å²) in [6.45, 7) is 7.37. The molecule has 21 heavy (non-hydrogen) atoms. The largest absolute Gasteiger partial charge is 0.492 e. The smallest absolute Gasteiger partial charge is 0.476 e.